The first kappa shape index (κ1) is 14.3. The van der Waals surface area contributed by atoms with Crippen LogP contribution in [0.2, 0.25) is 0 Å². The Kier molecular flexibility index (Phi) is 3.03. The molecule has 1 heterocycles. The summed E-state index contributed by atoms with van der Waals surface area (Å²) in [6.45, 7) is 0. The lowest BCUT2D eigenvalue weighted by Crippen LogP contribution is -2.30. The predicted molar refractivity (Wildman–Crippen MR) is 65.0 cm³/mol. The molecule has 0 saturated heterocycles. The molecule has 1 aromatic rings. The first-order chi connectivity index (χ1) is 9.68. The third-order valence-corrected chi connectivity index (χ3v) is 2.85. The van der Waals surface area contributed by atoms with E-state index in [1.54, 1.807) is 0 Å². The first-order valence-corrected chi connectivity index (χ1v) is 5.30. The van der Waals surface area contributed by atoms with Gasteiger partial charge in [-0.3, -0.25) is 0 Å². The molecule has 0 aromatic heterocycles. The molecule has 112 valence electrons. The maximum absolute atomic E-state index is 11.2. The van der Waals surface area contributed by atoms with E-state index in [0.717, 1.165) is 0 Å². The summed E-state index contributed by atoms with van der Waals surface area (Å²) in [5, 5.41) is 56.6. The molecule has 0 spiro atoms. The maximum atomic E-state index is 11.2. The molecule has 1 unspecified atom stereocenters. The minimum atomic E-state index is -2.16. The van der Waals surface area contributed by atoms with Gasteiger partial charge in [-0.25, -0.2) is 9.59 Å². The molecule has 2 rings (SSSR count). The number of aliphatic hydroxyl groups is 2. The highest BCUT2D eigenvalue weighted by molar-refractivity contribution is 6.05. The van der Waals surface area contributed by atoms with Gasteiger partial charge < -0.3 is 41.1 Å². The number of hydrogen-bond donors (Lipinski definition) is 7. The zero-order valence-corrected chi connectivity index (χ0v) is 10.1. The number of rotatable bonds is 2. The highest BCUT2D eigenvalue weighted by Gasteiger charge is 2.39. The number of benzene rings is 1. The van der Waals surface area contributed by atoms with Crippen molar-refractivity contribution in [3.05, 3.63) is 16.7 Å². The average molecular weight is 299 g/mol. The van der Waals surface area contributed by atoms with E-state index >= 15 is 0 Å². The van der Waals surface area contributed by atoms with Gasteiger partial charge in [0.05, 0.1) is 5.56 Å². The van der Waals surface area contributed by atoms with E-state index in [2.05, 4.69) is 4.74 Å². The van der Waals surface area contributed by atoms with Gasteiger partial charge in [0.25, 0.3) is 0 Å². The van der Waals surface area contributed by atoms with Crippen molar-refractivity contribution in [3.8, 4) is 17.2 Å². The van der Waals surface area contributed by atoms with Gasteiger partial charge in [0.2, 0.25) is 6.29 Å². The Hall–Kier alpha value is -3.14. The highest BCUT2D eigenvalue weighted by Crippen LogP contribution is 2.50. The summed E-state index contributed by atoms with van der Waals surface area (Å²) in [6, 6.07) is 0. The Bertz CT molecular complexity index is 706. The Morgan fingerprint density at radius 1 is 1.05 bits per heavy atom. The van der Waals surface area contributed by atoms with Gasteiger partial charge in [-0.15, -0.1) is 0 Å². The number of fused-ring (bicyclic) bond motifs is 1. The lowest BCUT2D eigenvalue weighted by molar-refractivity contribution is -0.136. The van der Waals surface area contributed by atoms with Gasteiger partial charge in [-0.1, -0.05) is 0 Å². The minimum Gasteiger partial charge on any atom is -0.506 e. The number of phenols is 2. The SMILES string of the molecule is Nc1c(O)c2c(c(C(=O)O)c1O)C(O)=C(C(=O)O)C(O)O2. The van der Waals surface area contributed by atoms with Crippen molar-refractivity contribution in [2.24, 2.45) is 0 Å². The summed E-state index contributed by atoms with van der Waals surface area (Å²) in [5.41, 5.74) is 1.72. The van der Waals surface area contributed by atoms with Crippen LogP contribution in [0.1, 0.15) is 15.9 Å². The van der Waals surface area contributed by atoms with E-state index in [1.165, 1.54) is 0 Å². The number of aromatic carboxylic acids is 1. The summed E-state index contributed by atoms with van der Waals surface area (Å²) >= 11 is 0. The molecule has 0 aliphatic carbocycles. The summed E-state index contributed by atoms with van der Waals surface area (Å²) < 4.78 is 4.69. The van der Waals surface area contributed by atoms with E-state index in [1.807, 2.05) is 0 Å². The molecular weight excluding hydrogens is 290 g/mol. The summed E-state index contributed by atoms with van der Waals surface area (Å²) in [7, 11) is 0. The molecule has 1 aromatic carbocycles. The number of carbonyl (C=O) groups is 2. The molecule has 0 radical (unpaired) electrons. The van der Waals surface area contributed by atoms with Gasteiger partial charge in [-0.05, 0) is 0 Å². The topological polar surface area (TPSA) is 191 Å². The maximum Gasteiger partial charge on any atom is 0.341 e. The van der Waals surface area contributed by atoms with Gasteiger partial charge in [-0.2, -0.15) is 0 Å². The normalized spacial score (nSPS) is 17.1. The number of ether oxygens (including phenoxy) is 1. The van der Waals surface area contributed by atoms with E-state index in [0.29, 0.717) is 0 Å². The number of aromatic hydroxyl groups is 2. The zero-order chi connectivity index (χ0) is 16.1. The third kappa shape index (κ3) is 1.85. The van der Waals surface area contributed by atoms with Gasteiger partial charge >= 0.3 is 11.9 Å². The van der Waals surface area contributed by atoms with Crippen molar-refractivity contribution in [3.63, 3.8) is 0 Å². The lowest BCUT2D eigenvalue weighted by atomic mass is 9.96. The number of aliphatic hydroxyl groups excluding tert-OH is 2. The number of carboxylic acid groups (broad SMARTS) is 2. The molecule has 10 nitrogen and oxygen atoms in total. The Labute approximate surface area is 115 Å². The van der Waals surface area contributed by atoms with E-state index < -0.39 is 63.6 Å². The Morgan fingerprint density at radius 3 is 2.10 bits per heavy atom. The molecule has 1 aliphatic heterocycles. The number of carboxylic acids is 2. The average Bonchev–Trinajstić information content (AvgIpc) is 2.37. The molecule has 10 heteroatoms. The number of phenolic OH excluding ortho intramolecular Hbond substituents is 1. The summed E-state index contributed by atoms with van der Waals surface area (Å²) in [5.74, 6) is -7.47. The van der Waals surface area contributed by atoms with Crippen LogP contribution >= 0.6 is 0 Å². The quantitative estimate of drug-likeness (QED) is 0.275. The largest absolute Gasteiger partial charge is 0.506 e. The second-order valence-corrected chi connectivity index (χ2v) is 4.03. The Balaban J connectivity index is 2.96. The van der Waals surface area contributed by atoms with Gasteiger partial charge in [0.1, 0.15) is 22.6 Å². The summed E-state index contributed by atoms with van der Waals surface area (Å²) in [6.07, 6.45) is -2.16. The van der Waals surface area contributed by atoms with Crippen LogP contribution in [-0.4, -0.2) is 48.9 Å². The smallest absolute Gasteiger partial charge is 0.341 e. The third-order valence-electron chi connectivity index (χ3n) is 2.85. The second kappa shape index (κ2) is 4.45. The van der Waals surface area contributed by atoms with E-state index in [-0.39, 0.29) is 0 Å². The fraction of sp³-hybridized carbons (Fsp3) is 0.0909. The van der Waals surface area contributed by atoms with Crippen LogP contribution in [0, 0.1) is 0 Å². The lowest BCUT2D eigenvalue weighted by Gasteiger charge is -2.26. The standard InChI is InChI=1S/C11H9NO9/c12-4-6(14)2(9(16)17)1-5(13)3(10(18)19)11(20)21-8(1)7(4)15/h11,13-15,20H,12H2,(H,16,17)(H,18,19). The fourth-order valence-corrected chi connectivity index (χ4v) is 1.90. The van der Waals surface area contributed by atoms with Crippen molar-refractivity contribution in [2.75, 3.05) is 5.73 Å². The van der Waals surface area contributed by atoms with Crippen molar-refractivity contribution < 1.29 is 45.0 Å². The van der Waals surface area contributed by atoms with Crippen LogP contribution < -0.4 is 10.5 Å². The molecule has 1 aliphatic rings. The molecule has 0 fully saturated rings. The molecule has 0 amide bonds. The molecular formula is C11H9NO9. The van der Waals surface area contributed by atoms with Crippen LogP contribution in [0.5, 0.6) is 17.2 Å². The number of hydrogen-bond acceptors (Lipinski definition) is 8. The molecule has 8 N–H and O–H groups in total. The van der Waals surface area contributed by atoms with Crippen LogP contribution in [0.15, 0.2) is 5.57 Å². The first-order valence-electron chi connectivity index (χ1n) is 5.30. The zero-order valence-electron chi connectivity index (χ0n) is 10.1. The van der Waals surface area contributed by atoms with Crippen LogP contribution in [0.25, 0.3) is 5.76 Å². The Morgan fingerprint density at radius 2 is 1.62 bits per heavy atom. The fourth-order valence-electron chi connectivity index (χ4n) is 1.90. The van der Waals surface area contributed by atoms with Crippen molar-refractivity contribution in [1.29, 1.82) is 0 Å². The van der Waals surface area contributed by atoms with Crippen LogP contribution in [0.4, 0.5) is 5.69 Å². The number of nitrogens with two attached hydrogens (primary N) is 1. The molecule has 21 heavy (non-hydrogen) atoms. The number of aliphatic carboxylic acids is 1. The highest BCUT2D eigenvalue weighted by atomic mass is 16.6. The van der Waals surface area contributed by atoms with Crippen molar-refractivity contribution in [1.82, 2.24) is 0 Å². The van der Waals surface area contributed by atoms with Gasteiger partial charge in [0.15, 0.2) is 17.2 Å². The number of anilines is 1. The summed E-state index contributed by atoms with van der Waals surface area (Å²) in [4.78, 5) is 22.1. The van der Waals surface area contributed by atoms with Gasteiger partial charge in [0, 0.05) is 0 Å². The monoisotopic (exact) mass is 299 g/mol. The predicted octanol–water partition coefficient (Wildman–Crippen LogP) is -0.557. The minimum absolute atomic E-state index is 0.752. The van der Waals surface area contributed by atoms with Crippen molar-refractivity contribution >= 4 is 23.4 Å². The molecule has 0 bridgehead atoms. The second-order valence-electron chi connectivity index (χ2n) is 4.03. The molecule has 1 atom stereocenters. The number of nitrogen functional groups attached to an aromatic ring is 1. The molecule has 0 saturated carbocycles. The van der Waals surface area contributed by atoms with E-state index in [4.69, 9.17) is 15.9 Å². The van der Waals surface area contributed by atoms with Crippen LogP contribution in [0.3, 0.4) is 0 Å². The van der Waals surface area contributed by atoms with Crippen molar-refractivity contribution in [2.45, 2.75) is 6.29 Å². The van der Waals surface area contributed by atoms with Crippen LogP contribution in [-0.2, 0) is 4.79 Å². The van der Waals surface area contributed by atoms with E-state index in [9.17, 15) is 30.0 Å².